The average molecular weight is 369 g/mol. The number of aliphatic hydroxyl groups excluding tert-OH is 1. The van der Waals surface area contributed by atoms with E-state index < -0.39 is 0 Å². The van der Waals surface area contributed by atoms with Gasteiger partial charge in [0.1, 0.15) is 5.75 Å². The van der Waals surface area contributed by atoms with Crippen LogP contribution in [0.1, 0.15) is 32.6 Å². The first-order valence-corrected chi connectivity index (χ1v) is 8.68. The average Bonchev–Trinajstić information content (AvgIpc) is 3.03. The zero-order valence-corrected chi connectivity index (χ0v) is 15.8. The van der Waals surface area contributed by atoms with Crippen LogP contribution in [0.15, 0.2) is 28.7 Å². The van der Waals surface area contributed by atoms with Gasteiger partial charge in [0.2, 0.25) is 5.88 Å². The predicted octanol–water partition coefficient (Wildman–Crippen LogP) is 3.71. The summed E-state index contributed by atoms with van der Waals surface area (Å²) in [6.07, 6.45) is 0. The number of benzene rings is 2. The Labute approximate surface area is 157 Å². The quantitative estimate of drug-likeness (QED) is 0.574. The number of aromatic hydroxyl groups is 1. The monoisotopic (exact) mass is 369 g/mol. The smallest absolute Gasteiger partial charge is 0.205 e. The molecule has 3 rings (SSSR count). The molecule has 0 saturated heterocycles. The SMILES string of the molecule is COc1cc(C(=O)c2c(NCCO)oc3c(O)c(C)ccc23)cc(C)c1C. The van der Waals surface area contributed by atoms with Gasteiger partial charge in [0.15, 0.2) is 17.1 Å². The van der Waals surface area contributed by atoms with E-state index in [4.69, 9.17) is 14.3 Å². The minimum absolute atomic E-state index is 0.00346. The Bertz CT molecular complexity index is 1020. The fraction of sp³-hybridized carbons (Fsp3) is 0.286. The highest BCUT2D eigenvalue weighted by Crippen LogP contribution is 2.38. The van der Waals surface area contributed by atoms with E-state index in [1.807, 2.05) is 19.9 Å². The summed E-state index contributed by atoms with van der Waals surface area (Å²) in [5.41, 5.74) is 3.59. The van der Waals surface area contributed by atoms with Crippen molar-refractivity contribution in [3.8, 4) is 11.5 Å². The van der Waals surface area contributed by atoms with E-state index >= 15 is 0 Å². The van der Waals surface area contributed by atoms with Crippen molar-refractivity contribution in [1.29, 1.82) is 0 Å². The molecule has 1 aromatic heterocycles. The van der Waals surface area contributed by atoms with Crippen molar-refractivity contribution < 1.29 is 24.2 Å². The van der Waals surface area contributed by atoms with Crippen LogP contribution >= 0.6 is 0 Å². The number of phenols is 1. The van der Waals surface area contributed by atoms with Gasteiger partial charge in [-0.05, 0) is 55.7 Å². The highest BCUT2D eigenvalue weighted by molar-refractivity contribution is 6.20. The first-order chi connectivity index (χ1) is 12.9. The molecule has 142 valence electrons. The number of carbonyl (C=O) groups excluding carboxylic acids is 1. The van der Waals surface area contributed by atoms with Gasteiger partial charge in [-0.2, -0.15) is 0 Å². The van der Waals surface area contributed by atoms with Crippen molar-refractivity contribution >= 4 is 22.6 Å². The van der Waals surface area contributed by atoms with Crippen molar-refractivity contribution in [3.05, 3.63) is 52.1 Å². The third kappa shape index (κ3) is 3.24. The number of rotatable bonds is 6. The summed E-state index contributed by atoms with van der Waals surface area (Å²) in [6, 6.07) is 7.00. The van der Waals surface area contributed by atoms with Crippen LogP contribution in [0.4, 0.5) is 5.88 Å². The van der Waals surface area contributed by atoms with Crippen molar-refractivity contribution in [1.82, 2.24) is 0 Å². The number of anilines is 1. The molecule has 0 bridgehead atoms. The first kappa shape index (κ1) is 18.8. The largest absolute Gasteiger partial charge is 0.504 e. The first-order valence-electron chi connectivity index (χ1n) is 8.68. The molecule has 0 aliphatic rings. The Kier molecular flexibility index (Phi) is 5.10. The number of nitrogens with one attached hydrogen (secondary N) is 1. The number of furan rings is 1. The van der Waals surface area contributed by atoms with Crippen LogP contribution in [-0.2, 0) is 0 Å². The number of methoxy groups -OCH3 is 1. The molecule has 0 unspecified atom stereocenters. The second-order valence-corrected chi connectivity index (χ2v) is 6.51. The Morgan fingerprint density at radius 3 is 2.59 bits per heavy atom. The summed E-state index contributed by atoms with van der Waals surface area (Å²) < 4.78 is 11.1. The minimum Gasteiger partial charge on any atom is -0.504 e. The van der Waals surface area contributed by atoms with Crippen LogP contribution in [0.3, 0.4) is 0 Å². The number of phenolic OH excluding ortho intramolecular Hbond substituents is 1. The number of hydrogen-bond acceptors (Lipinski definition) is 6. The lowest BCUT2D eigenvalue weighted by molar-refractivity contribution is 0.104. The van der Waals surface area contributed by atoms with Gasteiger partial charge in [-0.15, -0.1) is 0 Å². The Balaban J connectivity index is 2.21. The lowest BCUT2D eigenvalue weighted by atomic mass is 9.97. The Morgan fingerprint density at radius 1 is 1.19 bits per heavy atom. The molecule has 6 nitrogen and oxygen atoms in total. The Hall–Kier alpha value is -2.99. The van der Waals surface area contributed by atoms with Gasteiger partial charge in [0.05, 0.1) is 19.3 Å². The van der Waals surface area contributed by atoms with Gasteiger partial charge in [0.25, 0.3) is 0 Å². The van der Waals surface area contributed by atoms with E-state index in [1.54, 1.807) is 32.2 Å². The normalized spacial score (nSPS) is 11.0. The molecule has 0 amide bonds. The lowest BCUT2D eigenvalue weighted by Crippen LogP contribution is -2.10. The molecule has 0 spiro atoms. The Morgan fingerprint density at radius 2 is 1.93 bits per heavy atom. The van der Waals surface area contributed by atoms with Crippen molar-refractivity contribution in [2.45, 2.75) is 20.8 Å². The second kappa shape index (κ2) is 7.32. The molecule has 3 N–H and O–H groups in total. The van der Waals surface area contributed by atoms with Gasteiger partial charge in [-0.1, -0.05) is 6.07 Å². The fourth-order valence-electron chi connectivity index (χ4n) is 3.08. The van der Waals surface area contributed by atoms with Crippen LogP contribution in [0.2, 0.25) is 0 Å². The van der Waals surface area contributed by atoms with E-state index in [2.05, 4.69) is 5.32 Å². The molecule has 0 atom stereocenters. The molecular weight excluding hydrogens is 346 g/mol. The minimum atomic E-state index is -0.251. The molecular formula is C21H23NO5. The number of hydrogen-bond donors (Lipinski definition) is 3. The lowest BCUT2D eigenvalue weighted by Gasteiger charge is -2.11. The van der Waals surface area contributed by atoms with Crippen LogP contribution < -0.4 is 10.1 Å². The summed E-state index contributed by atoms with van der Waals surface area (Å²) in [7, 11) is 1.57. The van der Waals surface area contributed by atoms with Gasteiger partial charge < -0.3 is 24.7 Å². The molecule has 2 aromatic carbocycles. The van der Waals surface area contributed by atoms with Gasteiger partial charge in [-0.3, -0.25) is 4.79 Å². The summed E-state index contributed by atoms with van der Waals surface area (Å²) >= 11 is 0. The predicted molar refractivity (Wildman–Crippen MR) is 104 cm³/mol. The van der Waals surface area contributed by atoms with E-state index in [9.17, 15) is 9.90 Å². The molecule has 0 fully saturated rings. The number of carbonyl (C=O) groups is 1. The summed E-state index contributed by atoms with van der Waals surface area (Å²) in [4.78, 5) is 13.3. The molecule has 1 heterocycles. The molecule has 0 aliphatic carbocycles. The zero-order valence-electron chi connectivity index (χ0n) is 15.8. The zero-order chi connectivity index (χ0) is 19.7. The number of fused-ring (bicyclic) bond motifs is 1. The highest BCUT2D eigenvalue weighted by Gasteiger charge is 2.25. The van der Waals surface area contributed by atoms with Crippen LogP contribution in [0.5, 0.6) is 11.5 Å². The maximum absolute atomic E-state index is 13.3. The van der Waals surface area contributed by atoms with Gasteiger partial charge >= 0.3 is 0 Å². The third-order valence-electron chi connectivity index (χ3n) is 4.76. The highest BCUT2D eigenvalue weighted by atomic mass is 16.5. The number of ether oxygens (including phenoxy) is 1. The molecule has 0 saturated carbocycles. The number of ketones is 1. The van der Waals surface area contributed by atoms with E-state index in [0.717, 1.165) is 11.1 Å². The molecule has 0 radical (unpaired) electrons. The molecule has 3 aromatic rings. The standard InChI is InChI=1S/C21H23NO5/c1-11-5-6-15-17(21(22-7-8-23)27-20(15)18(11)24)19(25)14-9-12(2)13(3)16(10-14)26-4/h5-6,9-10,22-24H,7-8H2,1-4H3. The molecule has 6 heteroatoms. The van der Waals surface area contributed by atoms with E-state index in [-0.39, 0.29) is 36.2 Å². The van der Waals surface area contributed by atoms with E-state index in [1.165, 1.54) is 0 Å². The summed E-state index contributed by atoms with van der Waals surface area (Å²) in [6.45, 7) is 5.71. The topological polar surface area (TPSA) is 91.9 Å². The van der Waals surface area contributed by atoms with Crippen molar-refractivity contribution in [3.63, 3.8) is 0 Å². The van der Waals surface area contributed by atoms with Crippen LogP contribution in [-0.4, -0.2) is 36.3 Å². The number of aliphatic hydroxyl groups is 1. The summed E-state index contributed by atoms with van der Waals surface area (Å²) in [5, 5.41) is 22.9. The maximum atomic E-state index is 13.3. The molecule has 0 aliphatic heterocycles. The maximum Gasteiger partial charge on any atom is 0.205 e. The van der Waals surface area contributed by atoms with Crippen LogP contribution in [0, 0.1) is 20.8 Å². The number of aryl methyl sites for hydroxylation is 2. The van der Waals surface area contributed by atoms with Crippen molar-refractivity contribution in [2.24, 2.45) is 0 Å². The van der Waals surface area contributed by atoms with E-state index in [0.29, 0.717) is 27.8 Å². The van der Waals surface area contributed by atoms with Crippen LogP contribution in [0.25, 0.3) is 11.0 Å². The van der Waals surface area contributed by atoms with Crippen molar-refractivity contribution in [2.75, 3.05) is 25.6 Å². The second-order valence-electron chi connectivity index (χ2n) is 6.51. The summed E-state index contributed by atoms with van der Waals surface area (Å²) in [5.74, 6) is 0.604. The third-order valence-corrected chi connectivity index (χ3v) is 4.76. The molecule has 27 heavy (non-hydrogen) atoms. The van der Waals surface area contributed by atoms with Gasteiger partial charge in [-0.25, -0.2) is 0 Å². The van der Waals surface area contributed by atoms with Gasteiger partial charge in [0, 0.05) is 17.5 Å². The fourth-order valence-corrected chi connectivity index (χ4v) is 3.08.